The van der Waals surface area contributed by atoms with E-state index < -0.39 is 0 Å². The first-order chi connectivity index (χ1) is 12.5. The number of phenolic OH excluding ortho intramolecular Hbond substituents is 1. The zero-order valence-corrected chi connectivity index (χ0v) is 15.7. The third-order valence-electron chi connectivity index (χ3n) is 4.57. The monoisotopic (exact) mass is 366 g/mol. The van der Waals surface area contributed by atoms with Gasteiger partial charge in [0, 0.05) is 0 Å². The molecule has 1 aliphatic rings. The lowest BCUT2D eigenvalue weighted by Gasteiger charge is -2.17. The molecule has 0 spiro atoms. The van der Waals surface area contributed by atoms with Gasteiger partial charge in [0.05, 0.1) is 17.7 Å². The number of aromatic hydroxyl groups is 1. The minimum Gasteiger partial charge on any atom is -0.508 e. The summed E-state index contributed by atoms with van der Waals surface area (Å²) in [6.07, 6.45) is 6.05. The van der Waals surface area contributed by atoms with E-state index in [4.69, 9.17) is 16.3 Å². The van der Waals surface area contributed by atoms with Crippen LogP contribution in [-0.4, -0.2) is 17.8 Å². The van der Waals surface area contributed by atoms with Gasteiger partial charge >= 0.3 is 0 Å². The van der Waals surface area contributed by atoms with Crippen molar-refractivity contribution in [2.75, 3.05) is 6.61 Å². The van der Waals surface area contributed by atoms with Gasteiger partial charge in [-0.1, -0.05) is 60.2 Å². The lowest BCUT2D eigenvalue weighted by atomic mass is 9.94. The first kappa shape index (κ1) is 18.5. The van der Waals surface area contributed by atoms with Crippen LogP contribution in [-0.2, 0) is 4.74 Å². The lowest BCUT2D eigenvalue weighted by Crippen LogP contribution is -2.11. The summed E-state index contributed by atoms with van der Waals surface area (Å²) in [5, 5.41) is 10.1. The van der Waals surface area contributed by atoms with E-state index in [0.29, 0.717) is 11.6 Å². The molecule has 0 fully saturated rings. The highest BCUT2D eigenvalue weighted by molar-refractivity contribution is 6.32. The number of phenols is 1. The molecule has 0 bridgehead atoms. The Morgan fingerprint density at radius 1 is 1.27 bits per heavy atom. The van der Waals surface area contributed by atoms with Crippen LogP contribution in [0.4, 0.5) is 0 Å². The summed E-state index contributed by atoms with van der Waals surface area (Å²) in [4.78, 5) is 0. The Hall–Kier alpha value is -2.29. The smallest absolute Gasteiger partial charge is 0.117 e. The molecule has 3 heteroatoms. The third kappa shape index (κ3) is 4.46. The molecule has 1 atom stereocenters. The topological polar surface area (TPSA) is 29.5 Å². The Morgan fingerprint density at radius 3 is 2.73 bits per heavy atom. The molecule has 1 unspecified atom stereocenters. The van der Waals surface area contributed by atoms with Gasteiger partial charge in [-0.3, -0.25) is 0 Å². The average Bonchev–Trinajstić information content (AvgIpc) is 3.10. The van der Waals surface area contributed by atoms with Crippen LogP contribution in [0.15, 0.2) is 72.3 Å². The molecule has 1 heterocycles. The lowest BCUT2D eigenvalue weighted by molar-refractivity contribution is 0.117. The highest BCUT2D eigenvalue weighted by Crippen LogP contribution is 2.31. The number of hydrogen-bond donors (Lipinski definition) is 1. The van der Waals surface area contributed by atoms with Crippen LogP contribution in [0.5, 0.6) is 5.75 Å². The molecule has 0 saturated heterocycles. The summed E-state index contributed by atoms with van der Waals surface area (Å²) < 4.78 is 5.86. The number of allylic oxidation sites excluding steroid dienone is 1. The van der Waals surface area contributed by atoms with Gasteiger partial charge in [0.15, 0.2) is 0 Å². The fourth-order valence-electron chi connectivity index (χ4n) is 3.22. The molecule has 134 valence electrons. The molecule has 2 aromatic carbocycles. The normalized spacial score (nSPS) is 17.2. The standard InChI is InChI=1S/C23H23ClO2/c1-16(2)21-12-13-26-23(21)11-9-18(17-6-4-3-5-7-17)14-19-8-10-20(25)15-22(19)24/h3-8,10,12,14-15,23,25H,1,9,11,13H2,2H3/b18-14-. The first-order valence-corrected chi connectivity index (χ1v) is 9.14. The van der Waals surface area contributed by atoms with Gasteiger partial charge in [-0.05, 0) is 66.3 Å². The van der Waals surface area contributed by atoms with Gasteiger partial charge in [-0.15, -0.1) is 0 Å². The fourth-order valence-corrected chi connectivity index (χ4v) is 3.45. The quantitative estimate of drug-likeness (QED) is 0.610. The van der Waals surface area contributed by atoms with E-state index in [2.05, 4.69) is 30.9 Å². The highest BCUT2D eigenvalue weighted by atomic mass is 35.5. The zero-order valence-electron chi connectivity index (χ0n) is 14.9. The van der Waals surface area contributed by atoms with E-state index in [0.717, 1.165) is 29.5 Å². The van der Waals surface area contributed by atoms with Crippen LogP contribution in [0.3, 0.4) is 0 Å². The Morgan fingerprint density at radius 2 is 2.04 bits per heavy atom. The van der Waals surface area contributed by atoms with Gasteiger partial charge in [0.25, 0.3) is 0 Å². The molecule has 1 N–H and O–H groups in total. The summed E-state index contributed by atoms with van der Waals surface area (Å²) in [5.41, 5.74) is 5.52. The molecule has 0 aliphatic carbocycles. The van der Waals surface area contributed by atoms with Gasteiger partial charge < -0.3 is 9.84 Å². The van der Waals surface area contributed by atoms with Crippen LogP contribution >= 0.6 is 11.6 Å². The van der Waals surface area contributed by atoms with Crippen LogP contribution in [0.1, 0.15) is 30.9 Å². The predicted molar refractivity (Wildman–Crippen MR) is 109 cm³/mol. The minimum absolute atomic E-state index is 0.0925. The van der Waals surface area contributed by atoms with Crippen molar-refractivity contribution in [2.24, 2.45) is 0 Å². The van der Waals surface area contributed by atoms with E-state index >= 15 is 0 Å². The summed E-state index contributed by atoms with van der Waals surface area (Å²) >= 11 is 6.30. The van der Waals surface area contributed by atoms with Crippen LogP contribution < -0.4 is 0 Å². The van der Waals surface area contributed by atoms with Crippen LogP contribution in [0.2, 0.25) is 5.02 Å². The summed E-state index contributed by atoms with van der Waals surface area (Å²) in [5.74, 6) is 0.170. The molecular formula is C23H23ClO2. The van der Waals surface area contributed by atoms with Gasteiger partial charge in [0.2, 0.25) is 0 Å². The maximum absolute atomic E-state index is 9.58. The molecular weight excluding hydrogens is 344 g/mol. The van der Waals surface area contributed by atoms with Crippen molar-refractivity contribution in [2.45, 2.75) is 25.9 Å². The van der Waals surface area contributed by atoms with Crippen molar-refractivity contribution in [1.29, 1.82) is 0 Å². The Bertz CT molecular complexity index is 850. The molecule has 3 rings (SSSR count). The second-order valence-electron chi connectivity index (χ2n) is 6.54. The molecule has 0 radical (unpaired) electrons. The molecule has 0 amide bonds. The number of halogens is 1. The summed E-state index contributed by atoms with van der Waals surface area (Å²) in [7, 11) is 0. The van der Waals surface area contributed by atoms with Crippen molar-refractivity contribution in [3.63, 3.8) is 0 Å². The summed E-state index contributed by atoms with van der Waals surface area (Å²) in [6, 6.07) is 15.3. The number of benzene rings is 2. The maximum Gasteiger partial charge on any atom is 0.117 e. The van der Waals surface area contributed by atoms with Crippen molar-refractivity contribution in [3.8, 4) is 5.75 Å². The van der Waals surface area contributed by atoms with Crippen LogP contribution in [0, 0.1) is 0 Å². The van der Waals surface area contributed by atoms with Gasteiger partial charge in [0.1, 0.15) is 5.75 Å². The second-order valence-corrected chi connectivity index (χ2v) is 6.95. The summed E-state index contributed by atoms with van der Waals surface area (Å²) in [6.45, 7) is 6.74. The molecule has 0 saturated carbocycles. The van der Waals surface area contributed by atoms with Crippen molar-refractivity contribution in [3.05, 3.63) is 88.5 Å². The zero-order chi connectivity index (χ0) is 18.5. The Balaban J connectivity index is 1.86. The SMILES string of the molecule is C=C(C)C1=CCOC1CC/C(=C/c1ccc(O)cc1Cl)c1ccccc1. The maximum atomic E-state index is 9.58. The third-order valence-corrected chi connectivity index (χ3v) is 4.90. The number of ether oxygens (including phenoxy) is 1. The van der Waals surface area contributed by atoms with E-state index in [-0.39, 0.29) is 11.9 Å². The Kier molecular flexibility index (Phi) is 5.97. The molecule has 2 nitrogen and oxygen atoms in total. The number of hydrogen-bond acceptors (Lipinski definition) is 2. The minimum atomic E-state index is 0.0925. The van der Waals surface area contributed by atoms with E-state index in [1.807, 2.05) is 31.2 Å². The van der Waals surface area contributed by atoms with Gasteiger partial charge in [-0.2, -0.15) is 0 Å². The second kappa shape index (κ2) is 8.39. The van der Waals surface area contributed by atoms with E-state index in [1.165, 1.54) is 11.1 Å². The van der Waals surface area contributed by atoms with Crippen molar-refractivity contribution in [1.82, 2.24) is 0 Å². The predicted octanol–water partition coefficient (Wildman–Crippen LogP) is 6.27. The van der Waals surface area contributed by atoms with Crippen molar-refractivity contribution >= 4 is 23.3 Å². The first-order valence-electron chi connectivity index (χ1n) is 8.76. The van der Waals surface area contributed by atoms with E-state index in [1.54, 1.807) is 12.1 Å². The molecule has 26 heavy (non-hydrogen) atoms. The van der Waals surface area contributed by atoms with E-state index in [9.17, 15) is 5.11 Å². The fraction of sp³-hybridized carbons (Fsp3) is 0.217. The molecule has 1 aliphatic heterocycles. The number of rotatable bonds is 6. The largest absolute Gasteiger partial charge is 0.508 e. The molecule has 0 aromatic heterocycles. The van der Waals surface area contributed by atoms with Crippen LogP contribution in [0.25, 0.3) is 11.6 Å². The van der Waals surface area contributed by atoms with Gasteiger partial charge in [-0.25, -0.2) is 0 Å². The molecule has 2 aromatic rings. The average molecular weight is 367 g/mol. The van der Waals surface area contributed by atoms with Crippen molar-refractivity contribution < 1.29 is 9.84 Å². The highest BCUT2D eigenvalue weighted by Gasteiger charge is 2.20. The Labute approximate surface area is 160 Å².